The lowest BCUT2D eigenvalue weighted by Gasteiger charge is -2.25. The van der Waals surface area contributed by atoms with Crippen LogP contribution in [0.2, 0.25) is 0 Å². The van der Waals surface area contributed by atoms with Crippen LogP contribution in [0.4, 0.5) is 0 Å². The normalized spacial score (nSPS) is 19.9. The Morgan fingerprint density at radius 1 is 1.19 bits per heavy atom. The first-order chi connectivity index (χ1) is 15.3. The van der Waals surface area contributed by atoms with Crippen LogP contribution in [0.5, 0.6) is 11.5 Å². The smallest absolute Gasteiger partial charge is 0.287 e. The summed E-state index contributed by atoms with van der Waals surface area (Å²) in [5, 5.41) is 16.6. The molecule has 2 heterocycles. The number of amides is 2. The number of hydrogen-bond acceptors (Lipinski definition) is 7. The molecule has 0 bridgehead atoms. The third-order valence-electron chi connectivity index (χ3n) is 5.46. The van der Waals surface area contributed by atoms with Gasteiger partial charge in [0.1, 0.15) is 11.6 Å². The third-order valence-corrected chi connectivity index (χ3v) is 5.46. The molecule has 0 saturated carbocycles. The first kappa shape index (κ1) is 23.9. The van der Waals surface area contributed by atoms with Crippen molar-refractivity contribution in [3.8, 4) is 11.5 Å². The van der Waals surface area contributed by atoms with Gasteiger partial charge in [-0.2, -0.15) is 0 Å². The molecule has 3 rings (SSSR count). The van der Waals surface area contributed by atoms with E-state index in [4.69, 9.17) is 18.6 Å². The minimum Gasteiger partial charge on any atom is -0.493 e. The number of carbonyl (C=O) groups is 2. The average molecular weight is 449 g/mol. The van der Waals surface area contributed by atoms with Crippen molar-refractivity contribution in [1.82, 2.24) is 10.6 Å². The molecule has 1 aliphatic heterocycles. The quantitative estimate of drug-likeness (QED) is 0.567. The second-order valence-corrected chi connectivity index (χ2v) is 8.41. The number of methoxy groups -OCH3 is 2. The first-order valence-electron chi connectivity index (χ1n) is 10.8. The number of rotatable bonds is 8. The van der Waals surface area contributed by atoms with Gasteiger partial charge in [0.15, 0.2) is 17.3 Å². The van der Waals surface area contributed by atoms with Gasteiger partial charge in [-0.05, 0) is 37.3 Å². The van der Waals surface area contributed by atoms with E-state index < -0.39 is 24.1 Å². The number of furan rings is 1. The van der Waals surface area contributed by atoms with Crippen LogP contribution in [0.1, 0.15) is 43.7 Å². The molecule has 1 unspecified atom stereocenters. The standard InChI is InChI=1S/C23H32N2O7/c1-13(2)8-16(22(27)24-15-6-5-7-31-12-17(15)26)25-23(28)21-10-14-9-19(29-3)20(30-4)11-18(14)32-21/h9-11,13,15-17,26H,5-8,12H2,1-4H3,(H,24,27)(H,25,28)/t15-,16?,17+/m0/s1. The van der Waals surface area contributed by atoms with Gasteiger partial charge in [-0.3, -0.25) is 9.59 Å². The predicted molar refractivity (Wildman–Crippen MR) is 118 cm³/mol. The summed E-state index contributed by atoms with van der Waals surface area (Å²) >= 11 is 0. The Labute approximate surface area is 187 Å². The van der Waals surface area contributed by atoms with E-state index in [1.807, 2.05) is 13.8 Å². The molecule has 1 aliphatic rings. The molecule has 9 heteroatoms. The summed E-state index contributed by atoms with van der Waals surface area (Å²) in [7, 11) is 3.05. The molecule has 1 saturated heterocycles. The summed E-state index contributed by atoms with van der Waals surface area (Å²) in [4.78, 5) is 25.9. The highest BCUT2D eigenvalue weighted by Crippen LogP contribution is 2.33. The number of aliphatic hydroxyl groups is 1. The largest absolute Gasteiger partial charge is 0.493 e. The van der Waals surface area contributed by atoms with Gasteiger partial charge in [-0.15, -0.1) is 0 Å². The summed E-state index contributed by atoms with van der Waals surface area (Å²) in [6.45, 7) is 4.68. The van der Waals surface area contributed by atoms with Gasteiger partial charge >= 0.3 is 0 Å². The second-order valence-electron chi connectivity index (χ2n) is 8.41. The topological polar surface area (TPSA) is 119 Å². The lowest BCUT2D eigenvalue weighted by atomic mass is 10.0. The molecule has 32 heavy (non-hydrogen) atoms. The molecule has 2 aromatic rings. The van der Waals surface area contributed by atoms with Gasteiger partial charge in [0.05, 0.1) is 33.0 Å². The molecule has 0 aliphatic carbocycles. The Hall–Kier alpha value is -2.78. The van der Waals surface area contributed by atoms with Gasteiger partial charge in [-0.25, -0.2) is 0 Å². The Bertz CT molecular complexity index is 899. The van der Waals surface area contributed by atoms with E-state index in [9.17, 15) is 14.7 Å². The predicted octanol–water partition coefficient (Wildman–Crippen LogP) is 2.25. The van der Waals surface area contributed by atoms with Crippen LogP contribution < -0.4 is 20.1 Å². The van der Waals surface area contributed by atoms with E-state index in [2.05, 4.69) is 10.6 Å². The molecule has 1 aromatic heterocycles. The fourth-order valence-corrected chi connectivity index (χ4v) is 3.78. The molecule has 2 amide bonds. The van der Waals surface area contributed by atoms with Crippen molar-refractivity contribution in [3.63, 3.8) is 0 Å². The average Bonchev–Trinajstić information content (AvgIpc) is 3.08. The molecule has 0 spiro atoms. The Morgan fingerprint density at radius 2 is 1.91 bits per heavy atom. The number of aliphatic hydroxyl groups excluding tert-OH is 1. The monoisotopic (exact) mass is 448 g/mol. The lowest BCUT2D eigenvalue weighted by molar-refractivity contribution is -0.125. The van der Waals surface area contributed by atoms with Crippen LogP contribution in [0.3, 0.4) is 0 Å². The summed E-state index contributed by atoms with van der Waals surface area (Å²) in [6, 6.07) is 3.79. The van der Waals surface area contributed by atoms with Gasteiger partial charge in [0.25, 0.3) is 5.91 Å². The Kier molecular flexibility index (Phi) is 7.98. The van der Waals surface area contributed by atoms with E-state index in [-0.39, 0.29) is 24.2 Å². The number of ether oxygens (including phenoxy) is 3. The van der Waals surface area contributed by atoms with Crippen LogP contribution in [-0.4, -0.2) is 62.5 Å². The van der Waals surface area contributed by atoms with Crippen molar-refractivity contribution >= 4 is 22.8 Å². The highest BCUT2D eigenvalue weighted by atomic mass is 16.5. The fraction of sp³-hybridized carbons (Fsp3) is 0.565. The molecule has 3 atom stereocenters. The van der Waals surface area contributed by atoms with Crippen molar-refractivity contribution in [3.05, 3.63) is 24.0 Å². The highest BCUT2D eigenvalue weighted by molar-refractivity contribution is 5.99. The summed E-state index contributed by atoms with van der Waals surface area (Å²) in [5.74, 6) is 0.430. The first-order valence-corrected chi connectivity index (χ1v) is 10.8. The molecular formula is C23H32N2O7. The molecular weight excluding hydrogens is 416 g/mol. The second kappa shape index (κ2) is 10.7. The maximum Gasteiger partial charge on any atom is 0.287 e. The maximum atomic E-state index is 13.0. The Morgan fingerprint density at radius 3 is 2.59 bits per heavy atom. The van der Waals surface area contributed by atoms with Gasteiger partial charge in [-0.1, -0.05) is 13.8 Å². The van der Waals surface area contributed by atoms with E-state index in [1.54, 1.807) is 18.2 Å². The highest BCUT2D eigenvalue weighted by Gasteiger charge is 2.29. The number of benzene rings is 1. The summed E-state index contributed by atoms with van der Waals surface area (Å²) in [6.07, 6.45) is 1.02. The van der Waals surface area contributed by atoms with Crippen LogP contribution in [0.15, 0.2) is 22.6 Å². The Balaban J connectivity index is 1.75. The molecule has 176 valence electrons. The molecule has 3 N–H and O–H groups in total. The van der Waals surface area contributed by atoms with Gasteiger partial charge < -0.3 is 34.4 Å². The van der Waals surface area contributed by atoms with Crippen LogP contribution in [0, 0.1) is 5.92 Å². The number of hydrogen-bond donors (Lipinski definition) is 3. The third kappa shape index (κ3) is 5.72. The van der Waals surface area contributed by atoms with E-state index in [0.717, 1.165) is 6.42 Å². The van der Waals surface area contributed by atoms with Crippen LogP contribution >= 0.6 is 0 Å². The zero-order valence-corrected chi connectivity index (χ0v) is 19.0. The number of nitrogens with one attached hydrogen (secondary N) is 2. The van der Waals surface area contributed by atoms with E-state index in [1.165, 1.54) is 14.2 Å². The van der Waals surface area contributed by atoms with Crippen molar-refractivity contribution in [2.45, 2.75) is 51.3 Å². The summed E-state index contributed by atoms with van der Waals surface area (Å²) in [5.41, 5.74) is 0.472. The maximum absolute atomic E-state index is 13.0. The van der Waals surface area contributed by atoms with Crippen molar-refractivity contribution < 1.29 is 33.3 Å². The van der Waals surface area contributed by atoms with Crippen molar-refractivity contribution in [2.75, 3.05) is 27.4 Å². The lowest BCUT2D eigenvalue weighted by Crippen LogP contribution is -2.53. The minimum absolute atomic E-state index is 0.0831. The van der Waals surface area contributed by atoms with Crippen molar-refractivity contribution in [1.29, 1.82) is 0 Å². The van der Waals surface area contributed by atoms with E-state index >= 15 is 0 Å². The number of carbonyl (C=O) groups excluding carboxylic acids is 2. The zero-order valence-electron chi connectivity index (χ0n) is 19.0. The SMILES string of the molecule is COc1cc2cc(C(=O)NC(CC(C)C)C(=O)N[C@H]3CCCOC[C@H]3O)oc2cc1OC. The fourth-order valence-electron chi connectivity index (χ4n) is 3.78. The molecule has 9 nitrogen and oxygen atoms in total. The van der Waals surface area contributed by atoms with Gasteiger partial charge in [0, 0.05) is 18.1 Å². The molecule has 1 aromatic carbocycles. The molecule has 1 fully saturated rings. The zero-order chi connectivity index (χ0) is 23.3. The van der Waals surface area contributed by atoms with Crippen molar-refractivity contribution in [2.24, 2.45) is 5.92 Å². The van der Waals surface area contributed by atoms with E-state index in [0.29, 0.717) is 41.9 Å². The molecule has 0 radical (unpaired) electrons. The number of fused-ring (bicyclic) bond motifs is 1. The minimum atomic E-state index is -0.780. The van der Waals surface area contributed by atoms with Gasteiger partial charge in [0.2, 0.25) is 5.91 Å². The van der Waals surface area contributed by atoms with Crippen LogP contribution in [0.25, 0.3) is 11.0 Å². The summed E-state index contributed by atoms with van der Waals surface area (Å²) < 4.78 is 21.6. The van der Waals surface area contributed by atoms with Crippen LogP contribution in [-0.2, 0) is 9.53 Å².